The van der Waals surface area contributed by atoms with Gasteiger partial charge in [0, 0.05) is 5.54 Å². The summed E-state index contributed by atoms with van der Waals surface area (Å²) < 4.78 is 0. The van der Waals surface area contributed by atoms with Gasteiger partial charge in [0.05, 0.1) is 6.04 Å². The zero-order valence-electron chi connectivity index (χ0n) is 11.6. The highest BCUT2D eigenvalue weighted by Crippen LogP contribution is 2.55. The van der Waals surface area contributed by atoms with Gasteiger partial charge in [-0.25, -0.2) is 0 Å². The van der Waals surface area contributed by atoms with Crippen LogP contribution in [0.15, 0.2) is 0 Å². The number of amides is 1. The largest absolute Gasteiger partial charge is 0.349 e. The monoisotopic (exact) mass is 250 g/mol. The number of rotatable bonds is 3. The van der Waals surface area contributed by atoms with Gasteiger partial charge in [0.2, 0.25) is 5.91 Å². The van der Waals surface area contributed by atoms with Crippen molar-refractivity contribution in [1.82, 2.24) is 5.32 Å². The molecule has 0 aliphatic heterocycles. The van der Waals surface area contributed by atoms with Crippen molar-refractivity contribution >= 4 is 5.91 Å². The van der Waals surface area contributed by atoms with Crippen LogP contribution in [0.25, 0.3) is 0 Å². The highest BCUT2D eigenvalue weighted by atomic mass is 16.2. The van der Waals surface area contributed by atoms with E-state index in [9.17, 15) is 4.79 Å². The molecule has 1 atom stereocenters. The van der Waals surface area contributed by atoms with Gasteiger partial charge in [0.1, 0.15) is 0 Å². The summed E-state index contributed by atoms with van der Waals surface area (Å²) >= 11 is 0. The maximum absolute atomic E-state index is 12.2. The fourth-order valence-electron chi connectivity index (χ4n) is 4.91. The van der Waals surface area contributed by atoms with E-state index in [1.807, 2.05) is 13.8 Å². The Morgan fingerprint density at radius 1 is 1.11 bits per heavy atom. The molecule has 0 saturated heterocycles. The molecule has 0 unspecified atom stereocenters. The first-order valence-electron chi connectivity index (χ1n) is 7.55. The molecule has 0 spiro atoms. The van der Waals surface area contributed by atoms with E-state index in [0.29, 0.717) is 0 Å². The summed E-state index contributed by atoms with van der Waals surface area (Å²) in [7, 11) is 0. The first-order chi connectivity index (χ1) is 8.47. The van der Waals surface area contributed by atoms with Gasteiger partial charge in [-0.15, -0.1) is 0 Å². The van der Waals surface area contributed by atoms with Gasteiger partial charge in [-0.05, 0) is 62.2 Å². The molecule has 4 aliphatic carbocycles. The van der Waals surface area contributed by atoms with Gasteiger partial charge >= 0.3 is 0 Å². The van der Waals surface area contributed by atoms with Gasteiger partial charge < -0.3 is 11.1 Å². The lowest BCUT2D eigenvalue weighted by Gasteiger charge is -2.57. The molecule has 18 heavy (non-hydrogen) atoms. The van der Waals surface area contributed by atoms with Gasteiger partial charge in [0.25, 0.3) is 0 Å². The van der Waals surface area contributed by atoms with Gasteiger partial charge in [-0.1, -0.05) is 13.8 Å². The molecule has 0 heterocycles. The van der Waals surface area contributed by atoms with E-state index < -0.39 is 0 Å². The zero-order valence-corrected chi connectivity index (χ0v) is 11.6. The summed E-state index contributed by atoms with van der Waals surface area (Å²) in [6, 6.07) is -0.349. The van der Waals surface area contributed by atoms with E-state index in [4.69, 9.17) is 5.73 Å². The standard InChI is InChI=1S/C15H26N2O/c1-9(2)13(16)14(18)17-15-6-10-3-11(7-15)5-12(4-10)8-15/h9-13H,3-8,16H2,1-2H3,(H,17,18)/t10?,11?,12?,13-,15?/m0/s1. The van der Waals surface area contributed by atoms with Crippen LogP contribution < -0.4 is 11.1 Å². The van der Waals surface area contributed by atoms with E-state index in [-0.39, 0.29) is 23.4 Å². The second-order valence-corrected chi connectivity index (χ2v) is 7.46. The number of nitrogens with two attached hydrogens (primary N) is 1. The lowest BCUT2D eigenvalue weighted by Crippen LogP contribution is -2.62. The third-order valence-corrected chi connectivity index (χ3v) is 5.45. The highest BCUT2D eigenvalue weighted by Gasteiger charge is 2.51. The summed E-state index contributed by atoms with van der Waals surface area (Å²) in [5, 5.41) is 3.34. The minimum absolute atomic E-state index is 0.0759. The number of hydrogen-bond donors (Lipinski definition) is 2. The van der Waals surface area contributed by atoms with Crippen LogP contribution >= 0.6 is 0 Å². The van der Waals surface area contributed by atoms with Gasteiger partial charge in [-0.3, -0.25) is 4.79 Å². The molecule has 3 heteroatoms. The van der Waals surface area contributed by atoms with Crippen LogP contribution in [-0.2, 0) is 4.79 Å². The SMILES string of the molecule is CC(C)[C@H](N)C(=O)NC12CC3CC(CC(C3)C1)C2. The predicted octanol–water partition coefficient (Wildman–Crippen LogP) is 2.05. The summed E-state index contributed by atoms with van der Waals surface area (Å²) in [5.41, 5.74) is 6.09. The summed E-state index contributed by atoms with van der Waals surface area (Å²) in [6.45, 7) is 4.04. The maximum Gasteiger partial charge on any atom is 0.237 e. The molecule has 0 aromatic rings. The van der Waals surface area contributed by atoms with Crippen molar-refractivity contribution in [2.24, 2.45) is 29.4 Å². The Morgan fingerprint density at radius 3 is 1.94 bits per heavy atom. The van der Waals surface area contributed by atoms with Gasteiger partial charge in [0.15, 0.2) is 0 Å². The van der Waals surface area contributed by atoms with Crippen LogP contribution in [-0.4, -0.2) is 17.5 Å². The molecule has 1 amide bonds. The Balaban J connectivity index is 1.70. The van der Waals surface area contributed by atoms with Crippen LogP contribution in [0, 0.1) is 23.7 Å². The summed E-state index contributed by atoms with van der Waals surface area (Å²) in [5.74, 6) is 2.90. The second-order valence-electron chi connectivity index (χ2n) is 7.46. The average Bonchev–Trinajstić information content (AvgIpc) is 2.24. The van der Waals surface area contributed by atoms with E-state index in [1.165, 1.54) is 38.5 Å². The molecule has 4 bridgehead atoms. The number of nitrogens with one attached hydrogen (secondary N) is 1. The predicted molar refractivity (Wildman–Crippen MR) is 71.9 cm³/mol. The number of carbonyl (C=O) groups excluding carboxylic acids is 1. The van der Waals surface area contributed by atoms with Crippen molar-refractivity contribution in [2.75, 3.05) is 0 Å². The van der Waals surface area contributed by atoms with Crippen LogP contribution in [0.1, 0.15) is 52.4 Å². The van der Waals surface area contributed by atoms with Crippen LogP contribution in [0.4, 0.5) is 0 Å². The van der Waals surface area contributed by atoms with Crippen LogP contribution in [0.5, 0.6) is 0 Å². The summed E-state index contributed by atoms with van der Waals surface area (Å²) in [6.07, 6.45) is 7.84. The Labute approximate surface area is 110 Å². The molecule has 0 aromatic carbocycles. The number of hydrogen-bond acceptors (Lipinski definition) is 2. The van der Waals surface area contributed by atoms with Crippen molar-refractivity contribution in [1.29, 1.82) is 0 Å². The molecule has 4 saturated carbocycles. The third kappa shape index (κ3) is 2.07. The Kier molecular flexibility index (Phi) is 2.92. The molecule has 0 radical (unpaired) electrons. The molecule has 3 nitrogen and oxygen atoms in total. The number of carbonyl (C=O) groups is 1. The Hall–Kier alpha value is -0.570. The topological polar surface area (TPSA) is 55.1 Å². The molecule has 4 aliphatic rings. The van der Waals surface area contributed by atoms with E-state index in [2.05, 4.69) is 5.32 Å². The smallest absolute Gasteiger partial charge is 0.237 e. The lowest BCUT2D eigenvalue weighted by molar-refractivity contribution is -0.129. The highest BCUT2D eigenvalue weighted by molar-refractivity contribution is 5.82. The molecule has 0 aromatic heterocycles. The zero-order chi connectivity index (χ0) is 12.9. The van der Waals surface area contributed by atoms with Crippen molar-refractivity contribution in [3.05, 3.63) is 0 Å². The third-order valence-electron chi connectivity index (χ3n) is 5.45. The minimum Gasteiger partial charge on any atom is -0.349 e. The van der Waals surface area contributed by atoms with Crippen LogP contribution in [0.2, 0.25) is 0 Å². The second kappa shape index (κ2) is 4.22. The van der Waals surface area contributed by atoms with Crippen molar-refractivity contribution in [3.8, 4) is 0 Å². The molecular formula is C15H26N2O. The molecule has 3 N–H and O–H groups in total. The van der Waals surface area contributed by atoms with Crippen LogP contribution in [0.3, 0.4) is 0 Å². The minimum atomic E-state index is -0.349. The van der Waals surface area contributed by atoms with E-state index >= 15 is 0 Å². The van der Waals surface area contributed by atoms with Crippen molar-refractivity contribution < 1.29 is 4.79 Å². The molecule has 4 fully saturated rings. The van der Waals surface area contributed by atoms with E-state index in [0.717, 1.165) is 17.8 Å². The average molecular weight is 250 g/mol. The lowest BCUT2D eigenvalue weighted by atomic mass is 9.53. The fourth-order valence-corrected chi connectivity index (χ4v) is 4.91. The quantitative estimate of drug-likeness (QED) is 0.805. The first kappa shape index (κ1) is 12.5. The Morgan fingerprint density at radius 2 is 1.56 bits per heavy atom. The molecular weight excluding hydrogens is 224 g/mol. The maximum atomic E-state index is 12.2. The van der Waals surface area contributed by atoms with Gasteiger partial charge in [-0.2, -0.15) is 0 Å². The van der Waals surface area contributed by atoms with E-state index in [1.54, 1.807) is 0 Å². The Bertz CT molecular complexity index is 315. The van der Waals surface area contributed by atoms with Crippen molar-refractivity contribution in [3.63, 3.8) is 0 Å². The first-order valence-corrected chi connectivity index (χ1v) is 7.55. The molecule has 102 valence electrons. The summed E-state index contributed by atoms with van der Waals surface area (Å²) in [4.78, 5) is 12.2. The normalized spacial score (nSPS) is 43.2. The van der Waals surface area contributed by atoms with Crippen molar-refractivity contribution in [2.45, 2.75) is 64.0 Å². The molecule has 4 rings (SSSR count). The fraction of sp³-hybridized carbons (Fsp3) is 0.933.